The first-order chi connectivity index (χ1) is 7.93. The van der Waals surface area contributed by atoms with Gasteiger partial charge in [-0.2, -0.15) is 0 Å². The van der Waals surface area contributed by atoms with Crippen molar-refractivity contribution in [1.82, 2.24) is 5.32 Å². The fourth-order valence-corrected chi connectivity index (χ4v) is 4.08. The van der Waals surface area contributed by atoms with Gasteiger partial charge in [0.1, 0.15) is 0 Å². The molecule has 2 aliphatic carbocycles. The maximum atomic E-state index is 3.79. The molecule has 3 heteroatoms. The van der Waals surface area contributed by atoms with Crippen LogP contribution in [0, 0.1) is 11.8 Å². The van der Waals surface area contributed by atoms with E-state index in [0.29, 0.717) is 0 Å². The smallest absolute Gasteiger partial charge is 0.0598 e. The van der Waals surface area contributed by atoms with Crippen LogP contribution in [0.1, 0.15) is 25.7 Å². The number of hydrogen-bond acceptors (Lipinski definition) is 3. The first kappa shape index (κ1) is 11.1. The van der Waals surface area contributed by atoms with Crippen molar-refractivity contribution in [2.24, 2.45) is 11.8 Å². The summed E-state index contributed by atoms with van der Waals surface area (Å²) < 4.78 is 1.45. The van der Waals surface area contributed by atoms with Crippen LogP contribution in [0.15, 0.2) is 21.7 Å². The maximum Gasteiger partial charge on any atom is 0.0598 e. The van der Waals surface area contributed by atoms with Crippen molar-refractivity contribution in [1.29, 1.82) is 0 Å². The summed E-state index contributed by atoms with van der Waals surface area (Å²) in [4.78, 5) is 0. The second-order valence-electron chi connectivity index (χ2n) is 4.94. The highest BCUT2D eigenvalue weighted by molar-refractivity contribution is 8.01. The molecule has 2 aliphatic rings. The van der Waals surface area contributed by atoms with Crippen LogP contribution in [0.5, 0.6) is 0 Å². The summed E-state index contributed by atoms with van der Waals surface area (Å²) in [6.45, 7) is 1.18. The monoisotopic (exact) mass is 253 g/mol. The molecule has 0 aliphatic heterocycles. The van der Waals surface area contributed by atoms with Gasteiger partial charge in [0.05, 0.1) is 4.21 Å². The fourth-order valence-electron chi connectivity index (χ4n) is 2.35. The van der Waals surface area contributed by atoms with Gasteiger partial charge >= 0.3 is 0 Å². The number of hydrogen-bond donors (Lipinski definition) is 1. The van der Waals surface area contributed by atoms with Gasteiger partial charge in [-0.3, -0.25) is 0 Å². The Morgan fingerprint density at radius 1 is 1.31 bits per heavy atom. The SMILES string of the molecule is c1csc(SCCNC(C2CC2)C2CC2)c1. The molecule has 1 N–H and O–H groups in total. The molecule has 1 aromatic rings. The van der Waals surface area contributed by atoms with Crippen molar-refractivity contribution in [3.05, 3.63) is 17.5 Å². The standard InChI is InChI=1S/C13H19NS2/c1-2-12(15-8-1)16-9-7-14-13(10-3-4-10)11-5-6-11/h1-2,8,10-11,13-14H,3-7,9H2. The largest absolute Gasteiger partial charge is 0.313 e. The number of nitrogens with one attached hydrogen (secondary N) is 1. The van der Waals surface area contributed by atoms with Gasteiger partial charge in [-0.05, 0) is 49.0 Å². The summed E-state index contributed by atoms with van der Waals surface area (Å²) in [7, 11) is 0. The zero-order chi connectivity index (χ0) is 10.8. The van der Waals surface area contributed by atoms with Crippen LogP contribution in [-0.2, 0) is 0 Å². The lowest BCUT2D eigenvalue weighted by Gasteiger charge is -2.17. The molecule has 1 nitrogen and oxygen atoms in total. The Balaban J connectivity index is 1.35. The minimum atomic E-state index is 0.865. The summed E-state index contributed by atoms with van der Waals surface area (Å²) >= 11 is 3.84. The van der Waals surface area contributed by atoms with E-state index in [1.165, 1.54) is 42.2 Å². The summed E-state index contributed by atoms with van der Waals surface area (Å²) in [6, 6.07) is 5.22. The first-order valence-corrected chi connectivity index (χ1v) is 8.20. The van der Waals surface area contributed by atoms with E-state index < -0.39 is 0 Å². The molecule has 1 heterocycles. The molecule has 3 rings (SSSR count). The molecule has 0 amide bonds. The zero-order valence-corrected chi connectivity index (χ0v) is 11.2. The lowest BCUT2D eigenvalue weighted by atomic mass is 10.1. The quantitative estimate of drug-likeness (QED) is 0.588. The van der Waals surface area contributed by atoms with Crippen LogP contribution in [0.3, 0.4) is 0 Å². The van der Waals surface area contributed by atoms with Crippen molar-refractivity contribution in [2.45, 2.75) is 35.9 Å². The Morgan fingerprint density at radius 3 is 2.62 bits per heavy atom. The summed E-state index contributed by atoms with van der Waals surface area (Å²) in [5.74, 6) is 3.27. The minimum absolute atomic E-state index is 0.865. The van der Waals surface area contributed by atoms with Gasteiger partial charge in [0.25, 0.3) is 0 Å². The Labute approximate surface area is 106 Å². The van der Waals surface area contributed by atoms with E-state index in [9.17, 15) is 0 Å². The van der Waals surface area contributed by atoms with Crippen LogP contribution >= 0.6 is 23.1 Å². The zero-order valence-electron chi connectivity index (χ0n) is 9.52. The van der Waals surface area contributed by atoms with Crippen molar-refractivity contribution < 1.29 is 0 Å². The van der Waals surface area contributed by atoms with Gasteiger partial charge in [0, 0.05) is 18.3 Å². The lowest BCUT2D eigenvalue weighted by molar-refractivity contribution is 0.429. The molecule has 2 saturated carbocycles. The highest BCUT2D eigenvalue weighted by atomic mass is 32.2. The lowest BCUT2D eigenvalue weighted by Crippen LogP contribution is -2.34. The molecular weight excluding hydrogens is 234 g/mol. The summed E-state index contributed by atoms with van der Waals surface area (Å²) in [6.07, 6.45) is 5.91. The molecule has 0 aromatic carbocycles. The molecule has 2 fully saturated rings. The molecule has 0 bridgehead atoms. The van der Waals surface area contributed by atoms with Gasteiger partial charge in [-0.1, -0.05) is 6.07 Å². The molecule has 0 atom stereocenters. The van der Waals surface area contributed by atoms with Crippen LogP contribution < -0.4 is 5.32 Å². The Hall–Kier alpha value is 0.01000. The van der Waals surface area contributed by atoms with E-state index in [0.717, 1.165) is 17.9 Å². The fraction of sp³-hybridized carbons (Fsp3) is 0.692. The van der Waals surface area contributed by atoms with E-state index in [1.807, 2.05) is 23.1 Å². The molecular formula is C13H19NS2. The Morgan fingerprint density at radius 2 is 2.06 bits per heavy atom. The van der Waals surface area contributed by atoms with Gasteiger partial charge in [-0.25, -0.2) is 0 Å². The van der Waals surface area contributed by atoms with Gasteiger partial charge in [0.2, 0.25) is 0 Å². The number of thiophene rings is 1. The average Bonchev–Trinajstić information content (AvgIpc) is 3.20. The molecule has 0 spiro atoms. The maximum absolute atomic E-state index is 3.79. The van der Waals surface area contributed by atoms with Gasteiger partial charge in [0.15, 0.2) is 0 Å². The minimum Gasteiger partial charge on any atom is -0.313 e. The van der Waals surface area contributed by atoms with Crippen LogP contribution in [-0.4, -0.2) is 18.3 Å². The van der Waals surface area contributed by atoms with Crippen molar-refractivity contribution >= 4 is 23.1 Å². The predicted octanol–water partition coefficient (Wildman–Crippen LogP) is 3.62. The Bertz CT molecular complexity index is 303. The van der Waals surface area contributed by atoms with Crippen molar-refractivity contribution in [3.8, 4) is 0 Å². The number of thioether (sulfide) groups is 1. The Kier molecular flexibility index (Phi) is 3.55. The predicted molar refractivity (Wildman–Crippen MR) is 72.3 cm³/mol. The molecule has 88 valence electrons. The third-order valence-electron chi connectivity index (χ3n) is 3.48. The van der Waals surface area contributed by atoms with E-state index in [4.69, 9.17) is 0 Å². The van der Waals surface area contributed by atoms with Crippen molar-refractivity contribution in [3.63, 3.8) is 0 Å². The molecule has 0 unspecified atom stereocenters. The van der Waals surface area contributed by atoms with Crippen LogP contribution in [0.2, 0.25) is 0 Å². The molecule has 0 saturated heterocycles. The normalized spacial score (nSPS) is 20.6. The average molecular weight is 253 g/mol. The van der Waals surface area contributed by atoms with Crippen LogP contribution in [0.4, 0.5) is 0 Å². The van der Waals surface area contributed by atoms with Gasteiger partial charge in [-0.15, -0.1) is 23.1 Å². The topological polar surface area (TPSA) is 12.0 Å². The summed E-state index contributed by atoms with van der Waals surface area (Å²) in [5, 5.41) is 5.95. The third-order valence-corrected chi connectivity index (χ3v) is 5.61. The molecule has 16 heavy (non-hydrogen) atoms. The van der Waals surface area contributed by atoms with E-state index in [2.05, 4.69) is 22.8 Å². The van der Waals surface area contributed by atoms with Crippen LogP contribution in [0.25, 0.3) is 0 Å². The highest BCUT2D eigenvalue weighted by Crippen LogP contribution is 2.44. The second kappa shape index (κ2) is 5.11. The van der Waals surface area contributed by atoms with Gasteiger partial charge < -0.3 is 5.32 Å². The second-order valence-corrected chi connectivity index (χ2v) is 7.28. The van der Waals surface area contributed by atoms with E-state index in [-0.39, 0.29) is 0 Å². The number of rotatable bonds is 7. The summed E-state index contributed by atoms with van der Waals surface area (Å²) in [5.41, 5.74) is 0. The molecule has 1 aromatic heterocycles. The van der Waals surface area contributed by atoms with Crippen molar-refractivity contribution in [2.75, 3.05) is 12.3 Å². The highest BCUT2D eigenvalue weighted by Gasteiger charge is 2.40. The molecule has 0 radical (unpaired) electrons. The van der Waals surface area contributed by atoms with E-state index in [1.54, 1.807) is 0 Å². The van der Waals surface area contributed by atoms with E-state index >= 15 is 0 Å². The third kappa shape index (κ3) is 3.02. The first-order valence-electron chi connectivity index (χ1n) is 6.33.